The summed E-state index contributed by atoms with van der Waals surface area (Å²) in [6.45, 7) is 6.49. The van der Waals surface area contributed by atoms with Crippen molar-refractivity contribution in [2.24, 2.45) is 0 Å². The molecule has 0 fully saturated rings. The molecule has 2 aromatic rings. The second kappa shape index (κ2) is 5.12. The molecule has 18 heavy (non-hydrogen) atoms. The van der Waals surface area contributed by atoms with Crippen molar-refractivity contribution < 1.29 is 4.79 Å². The zero-order chi connectivity index (χ0) is 13.1. The first-order valence-electron chi connectivity index (χ1n) is 6.06. The highest BCUT2D eigenvalue weighted by molar-refractivity contribution is 5.76. The van der Waals surface area contributed by atoms with Crippen LogP contribution in [0.4, 0.5) is 0 Å². The van der Waals surface area contributed by atoms with Crippen molar-refractivity contribution in [3.63, 3.8) is 0 Å². The first kappa shape index (κ1) is 12.5. The molecule has 0 bridgehead atoms. The predicted molar refractivity (Wildman–Crippen MR) is 67.3 cm³/mol. The van der Waals surface area contributed by atoms with E-state index < -0.39 is 0 Å². The number of aryl methyl sites for hydroxylation is 2. The van der Waals surface area contributed by atoms with Crippen LogP contribution in [0.3, 0.4) is 0 Å². The highest BCUT2D eigenvalue weighted by Crippen LogP contribution is 2.14. The van der Waals surface area contributed by atoms with Crippen molar-refractivity contribution in [1.82, 2.24) is 24.9 Å². The van der Waals surface area contributed by atoms with Gasteiger partial charge in [-0.2, -0.15) is 10.1 Å². The van der Waals surface area contributed by atoms with Crippen LogP contribution in [-0.4, -0.2) is 32.0 Å². The lowest BCUT2D eigenvalue weighted by Crippen LogP contribution is -2.23. The molecule has 0 radical (unpaired) electrons. The number of nitrogens with one attached hydrogen (secondary N) is 1. The summed E-state index contributed by atoms with van der Waals surface area (Å²) < 4.78 is 1.71. The molecular formula is C12H17N5O. The van der Waals surface area contributed by atoms with Crippen LogP contribution in [0, 0.1) is 13.8 Å². The Bertz CT molecular complexity index is 575. The Kier molecular flexibility index (Phi) is 3.55. The van der Waals surface area contributed by atoms with E-state index in [4.69, 9.17) is 0 Å². The van der Waals surface area contributed by atoms with Gasteiger partial charge in [0.1, 0.15) is 6.33 Å². The molecule has 0 unspecified atom stereocenters. The third-order valence-electron chi connectivity index (χ3n) is 2.96. The van der Waals surface area contributed by atoms with Crippen LogP contribution in [0.15, 0.2) is 6.33 Å². The van der Waals surface area contributed by atoms with Gasteiger partial charge in [-0.1, -0.05) is 0 Å². The van der Waals surface area contributed by atoms with Gasteiger partial charge in [-0.05, 0) is 32.8 Å². The molecule has 2 rings (SSSR count). The lowest BCUT2D eigenvalue weighted by Gasteiger charge is -2.10. The van der Waals surface area contributed by atoms with E-state index >= 15 is 0 Å². The summed E-state index contributed by atoms with van der Waals surface area (Å²) in [7, 11) is 0. The van der Waals surface area contributed by atoms with Crippen LogP contribution >= 0.6 is 0 Å². The second-order valence-electron chi connectivity index (χ2n) is 4.19. The molecule has 0 aliphatic rings. The summed E-state index contributed by atoms with van der Waals surface area (Å²) in [6, 6.07) is 0. The van der Waals surface area contributed by atoms with Crippen molar-refractivity contribution >= 4 is 11.7 Å². The maximum Gasteiger partial charge on any atom is 0.252 e. The molecule has 6 heteroatoms. The fraction of sp³-hybridized carbons (Fsp3) is 0.500. The number of carbonyl (C=O) groups is 1. The van der Waals surface area contributed by atoms with E-state index in [1.165, 1.54) is 6.33 Å². The average molecular weight is 247 g/mol. The summed E-state index contributed by atoms with van der Waals surface area (Å²) in [5.74, 6) is 0.668. The Morgan fingerprint density at radius 3 is 2.94 bits per heavy atom. The van der Waals surface area contributed by atoms with Crippen molar-refractivity contribution in [2.75, 3.05) is 6.54 Å². The SMILES string of the molecule is CCNC(=O)CCc1c(C)nc2ncnn2c1C. The van der Waals surface area contributed by atoms with Crippen LogP contribution in [-0.2, 0) is 11.2 Å². The first-order valence-corrected chi connectivity index (χ1v) is 6.06. The van der Waals surface area contributed by atoms with Gasteiger partial charge in [-0.25, -0.2) is 9.50 Å². The number of amides is 1. The molecular weight excluding hydrogens is 230 g/mol. The number of hydrogen-bond donors (Lipinski definition) is 1. The monoisotopic (exact) mass is 247 g/mol. The molecule has 0 aliphatic heterocycles. The van der Waals surface area contributed by atoms with Crippen LogP contribution < -0.4 is 5.32 Å². The summed E-state index contributed by atoms with van der Waals surface area (Å²) in [4.78, 5) is 19.9. The number of carbonyl (C=O) groups excluding carboxylic acids is 1. The number of hydrogen-bond acceptors (Lipinski definition) is 4. The Balaban J connectivity index is 2.24. The minimum atomic E-state index is 0.0648. The van der Waals surface area contributed by atoms with Crippen LogP contribution in [0.25, 0.3) is 5.78 Å². The van der Waals surface area contributed by atoms with Crippen LogP contribution in [0.2, 0.25) is 0 Å². The molecule has 6 nitrogen and oxygen atoms in total. The van der Waals surface area contributed by atoms with Gasteiger partial charge in [0.05, 0.1) is 0 Å². The zero-order valence-electron chi connectivity index (χ0n) is 10.9. The topological polar surface area (TPSA) is 72.2 Å². The van der Waals surface area contributed by atoms with Gasteiger partial charge in [0, 0.05) is 24.4 Å². The van der Waals surface area contributed by atoms with Gasteiger partial charge in [0.25, 0.3) is 5.78 Å². The molecule has 0 saturated carbocycles. The maximum absolute atomic E-state index is 11.5. The van der Waals surface area contributed by atoms with Crippen LogP contribution in [0.5, 0.6) is 0 Å². The minimum absolute atomic E-state index is 0.0648. The van der Waals surface area contributed by atoms with E-state index in [1.54, 1.807) is 4.52 Å². The Hall–Kier alpha value is -1.98. The summed E-state index contributed by atoms with van der Waals surface area (Å²) in [6.07, 6.45) is 2.63. The van der Waals surface area contributed by atoms with E-state index in [9.17, 15) is 4.79 Å². The van der Waals surface area contributed by atoms with Crippen LogP contribution in [0.1, 0.15) is 30.3 Å². The van der Waals surface area contributed by atoms with Gasteiger partial charge in [-0.15, -0.1) is 0 Å². The first-order chi connectivity index (χ1) is 8.63. The standard InChI is InChI=1S/C12H17N5O/c1-4-13-11(18)6-5-10-8(2)16-12-14-7-15-17(12)9(10)3/h7H,4-6H2,1-3H3,(H,13,18). The number of nitrogens with zero attached hydrogens (tertiary/aromatic N) is 4. The quantitative estimate of drug-likeness (QED) is 0.867. The third-order valence-corrected chi connectivity index (χ3v) is 2.96. The highest BCUT2D eigenvalue weighted by atomic mass is 16.1. The predicted octanol–water partition coefficient (Wildman–Crippen LogP) is 0.810. The molecule has 0 atom stereocenters. The molecule has 96 valence electrons. The fourth-order valence-corrected chi connectivity index (χ4v) is 2.04. The lowest BCUT2D eigenvalue weighted by molar-refractivity contribution is -0.120. The van der Waals surface area contributed by atoms with Gasteiger partial charge in [-0.3, -0.25) is 4.79 Å². The summed E-state index contributed by atoms with van der Waals surface area (Å²) >= 11 is 0. The average Bonchev–Trinajstić information content (AvgIpc) is 2.77. The lowest BCUT2D eigenvalue weighted by atomic mass is 10.1. The van der Waals surface area contributed by atoms with E-state index in [0.29, 0.717) is 25.2 Å². The molecule has 0 aromatic carbocycles. The van der Waals surface area contributed by atoms with Crippen molar-refractivity contribution in [3.05, 3.63) is 23.3 Å². The molecule has 2 aromatic heterocycles. The Morgan fingerprint density at radius 2 is 2.22 bits per heavy atom. The number of aromatic nitrogens is 4. The van der Waals surface area contributed by atoms with Crippen molar-refractivity contribution in [3.8, 4) is 0 Å². The smallest absolute Gasteiger partial charge is 0.252 e. The Labute approximate surface area is 105 Å². The van der Waals surface area contributed by atoms with E-state index in [0.717, 1.165) is 17.0 Å². The van der Waals surface area contributed by atoms with Crippen molar-refractivity contribution in [1.29, 1.82) is 0 Å². The minimum Gasteiger partial charge on any atom is -0.356 e. The fourth-order valence-electron chi connectivity index (χ4n) is 2.04. The molecule has 1 N–H and O–H groups in total. The van der Waals surface area contributed by atoms with E-state index in [2.05, 4.69) is 20.4 Å². The molecule has 2 heterocycles. The molecule has 0 aliphatic carbocycles. The zero-order valence-corrected chi connectivity index (χ0v) is 10.9. The molecule has 0 saturated heterocycles. The van der Waals surface area contributed by atoms with E-state index in [1.807, 2.05) is 20.8 Å². The van der Waals surface area contributed by atoms with Gasteiger partial charge >= 0.3 is 0 Å². The summed E-state index contributed by atoms with van der Waals surface area (Å²) in [5, 5.41) is 6.92. The van der Waals surface area contributed by atoms with E-state index in [-0.39, 0.29) is 5.91 Å². The summed E-state index contributed by atoms with van der Waals surface area (Å²) in [5.41, 5.74) is 2.98. The third kappa shape index (κ3) is 2.32. The second-order valence-corrected chi connectivity index (χ2v) is 4.19. The van der Waals surface area contributed by atoms with Gasteiger partial charge in [0.15, 0.2) is 0 Å². The highest BCUT2D eigenvalue weighted by Gasteiger charge is 2.11. The van der Waals surface area contributed by atoms with Crippen molar-refractivity contribution in [2.45, 2.75) is 33.6 Å². The number of fused-ring (bicyclic) bond motifs is 1. The Morgan fingerprint density at radius 1 is 1.44 bits per heavy atom. The number of rotatable bonds is 4. The molecule has 0 spiro atoms. The maximum atomic E-state index is 11.5. The normalized spacial score (nSPS) is 10.8. The van der Waals surface area contributed by atoms with Gasteiger partial charge in [0.2, 0.25) is 5.91 Å². The van der Waals surface area contributed by atoms with Gasteiger partial charge < -0.3 is 5.32 Å². The molecule has 1 amide bonds. The largest absolute Gasteiger partial charge is 0.356 e.